The van der Waals surface area contributed by atoms with Gasteiger partial charge in [-0.3, -0.25) is 14.9 Å². The molecule has 0 aliphatic rings. The summed E-state index contributed by atoms with van der Waals surface area (Å²) < 4.78 is 0. The number of nitro groups is 1. The van der Waals surface area contributed by atoms with Gasteiger partial charge in [-0.05, 0) is 19.1 Å². The van der Waals surface area contributed by atoms with Crippen molar-refractivity contribution >= 4 is 17.2 Å². The standard InChI is InChI=1S/C13H16N2O4/c1-3-6-14(7-8-16)11-4-5-13(15(18)19)12(9-11)10(2)17/h3-5,9,16H,1,6-8H2,2H3. The molecule has 0 bridgehead atoms. The maximum absolute atomic E-state index is 11.5. The molecule has 102 valence electrons. The zero-order valence-corrected chi connectivity index (χ0v) is 10.7. The molecule has 1 aromatic carbocycles. The van der Waals surface area contributed by atoms with Crippen molar-refractivity contribution < 1.29 is 14.8 Å². The number of rotatable bonds is 7. The largest absolute Gasteiger partial charge is 0.395 e. The van der Waals surface area contributed by atoms with Crippen LogP contribution in [0.25, 0.3) is 0 Å². The van der Waals surface area contributed by atoms with Gasteiger partial charge in [0.25, 0.3) is 5.69 Å². The van der Waals surface area contributed by atoms with E-state index in [4.69, 9.17) is 5.11 Å². The summed E-state index contributed by atoms with van der Waals surface area (Å²) in [4.78, 5) is 23.5. The van der Waals surface area contributed by atoms with Crippen LogP contribution in [0.2, 0.25) is 0 Å². The second-order valence-electron chi connectivity index (χ2n) is 3.97. The van der Waals surface area contributed by atoms with Crippen molar-refractivity contribution in [2.75, 3.05) is 24.6 Å². The lowest BCUT2D eigenvalue weighted by molar-refractivity contribution is -0.385. The van der Waals surface area contributed by atoms with Gasteiger partial charge in [-0.15, -0.1) is 6.58 Å². The summed E-state index contributed by atoms with van der Waals surface area (Å²) >= 11 is 0. The molecule has 0 unspecified atom stereocenters. The molecule has 1 rings (SSSR count). The van der Waals surface area contributed by atoms with Crippen LogP contribution in [-0.2, 0) is 0 Å². The molecule has 0 aliphatic heterocycles. The first-order chi connectivity index (χ1) is 9.01. The highest BCUT2D eigenvalue weighted by Gasteiger charge is 2.19. The molecule has 0 amide bonds. The fourth-order valence-electron chi connectivity index (χ4n) is 1.76. The van der Waals surface area contributed by atoms with Gasteiger partial charge >= 0.3 is 0 Å². The third-order valence-electron chi connectivity index (χ3n) is 2.64. The number of hydrogen-bond donors (Lipinski definition) is 1. The predicted octanol–water partition coefficient (Wildman–Crippen LogP) is 1.78. The number of aliphatic hydroxyl groups is 1. The van der Waals surface area contributed by atoms with Crippen molar-refractivity contribution in [3.8, 4) is 0 Å². The highest BCUT2D eigenvalue weighted by molar-refractivity contribution is 5.99. The molecule has 0 fully saturated rings. The molecule has 0 heterocycles. The van der Waals surface area contributed by atoms with Crippen LogP contribution in [0.15, 0.2) is 30.9 Å². The minimum atomic E-state index is -0.579. The van der Waals surface area contributed by atoms with E-state index in [0.29, 0.717) is 18.8 Å². The van der Waals surface area contributed by atoms with Crippen molar-refractivity contribution in [2.24, 2.45) is 0 Å². The second-order valence-corrected chi connectivity index (χ2v) is 3.97. The fourth-order valence-corrected chi connectivity index (χ4v) is 1.76. The summed E-state index contributed by atoms with van der Waals surface area (Å²) in [6, 6.07) is 4.34. The molecule has 1 aromatic rings. The van der Waals surface area contributed by atoms with Crippen molar-refractivity contribution in [1.82, 2.24) is 0 Å². The van der Waals surface area contributed by atoms with Crippen LogP contribution in [0.3, 0.4) is 0 Å². The van der Waals surface area contributed by atoms with E-state index in [0.717, 1.165) is 0 Å². The van der Waals surface area contributed by atoms with E-state index in [9.17, 15) is 14.9 Å². The number of ketones is 1. The molecule has 19 heavy (non-hydrogen) atoms. The number of nitrogens with zero attached hydrogens (tertiary/aromatic N) is 2. The topological polar surface area (TPSA) is 83.7 Å². The lowest BCUT2D eigenvalue weighted by atomic mass is 10.1. The number of benzene rings is 1. The number of carbonyl (C=O) groups excluding carboxylic acids is 1. The van der Waals surface area contributed by atoms with Crippen LogP contribution >= 0.6 is 0 Å². The zero-order valence-electron chi connectivity index (χ0n) is 10.7. The Hall–Kier alpha value is -2.21. The Bertz CT molecular complexity index is 499. The van der Waals surface area contributed by atoms with Crippen molar-refractivity contribution in [1.29, 1.82) is 0 Å². The molecule has 0 atom stereocenters. The van der Waals surface area contributed by atoms with Crippen molar-refractivity contribution in [2.45, 2.75) is 6.92 Å². The van der Waals surface area contributed by atoms with E-state index in [1.54, 1.807) is 17.0 Å². The quantitative estimate of drug-likeness (QED) is 0.351. The first-order valence-electron chi connectivity index (χ1n) is 5.77. The van der Waals surface area contributed by atoms with E-state index >= 15 is 0 Å². The Morgan fingerprint density at radius 2 is 2.26 bits per heavy atom. The molecule has 6 nitrogen and oxygen atoms in total. The molecule has 0 aromatic heterocycles. The van der Waals surface area contributed by atoms with E-state index in [1.165, 1.54) is 19.1 Å². The van der Waals surface area contributed by atoms with E-state index < -0.39 is 4.92 Å². The van der Waals surface area contributed by atoms with E-state index in [2.05, 4.69) is 6.58 Å². The molecule has 0 radical (unpaired) electrons. The molecule has 0 aliphatic carbocycles. The van der Waals surface area contributed by atoms with Gasteiger partial charge in [-0.1, -0.05) is 6.08 Å². The van der Waals surface area contributed by atoms with Crippen LogP contribution in [0, 0.1) is 10.1 Å². The summed E-state index contributed by atoms with van der Waals surface area (Å²) in [5.74, 6) is -0.365. The van der Waals surface area contributed by atoms with Crippen LogP contribution in [0.5, 0.6) is 0 Å². The van der Waals surface area contributed by atoms with Gasteiger partial charge in [0.2, 0.25) is 0 Å². The molecule has 1 N–H and O–H groups in total. The van der Waals surface area contributed by atoms with Crippen LogP contribution in [0.1, 0.15) is 17.3 Å². The molecule has 0 saturated heterocycles. The number of hydrogen-bond acceptors (Lipinski definition) is 5. The van der Waals surface area contributed by atoms with E-state index in [-0.39, 0.29) is 23.6 Å². The predicted molar refractivity (Wildman–Crippen MR) is 72.6 cm³/mol. The Morgan fingerprint density at radius 1 is 1.58 bits per heavy atom. The molecule has 0 saturated carbocycles. The Morgan fingerprint density at radius 3 is 2.74 bits per heavy atom. The third kappa shape index (κ3) is 3.62. The van der Waals surface area contributed by atoms with Gasteiger partial charge in [-0.2, -0.15) is 0 Å². The van der Waals surface area contributed by atoms with Gasteiger partial charge < -0.3 is 10.0 Å². The van der Waals surface area contributed by atoms with Gasteiger partial charge in [-0.25, -0.2) is 0 Å². The maximum Gasteiger partial charge on any atom is 0.280 e. The molecular weight excluding hydrogens is 248 g/mol. The molecular formula is C13H16N2O4. The minimum absolute atomic E-state index is 0.0553. The lowest BCUT2D eigenvalue weighted by Crippen LogP contribution is -2.26. The average Bonchev–Trinajstić information content (AvgIpc) is 2.37. The van der Waals surface area contributed by atoms with Crippen LogP contribution in [0.4, 0.5) is 11.4 Å². The molecule has 0 spiro atoms. The lowest BCUT2D eigenvalue weighted by Gasteiger charge is -2.22. The number of carbonyl (C=O) groups is 1. The number of anilines is 1. The van der Waals surface area contributed by atoms with E-state index in [1.807, 2.05) is 0 Å². The van der Waals surface area contributed by atoms with Crippen LogP contribution in [-0.4, -0.2) is 35.5 Å². The van der Waals surface area contributed by atoms with Gasteiger partial charge in [0.15, 0.2) is 5.78 Å². The van der Waals surface area contributed by atoms with Gasteiger partial charge in [0, 0.05) is 24.8 Å². The summed E-state index contributed by atoms with van der Waals surface area (Å²) in [5.41, 5.74) is 0.498. The van der Waals surface area contributed by atoms with Gasteiger partial charge in [0.1, 0.15) is 0 Å². The van der Waals surface area contributed by atoms with Crippen molar-refractivity contribution in [3.63, 3.8) is 0 Å². The summed E-state index contributed by atoms with van der Waals surface area (Å²) in [7, 11) is 0. The Balaban J connectivity index is 3.22. The normalized spacial score (nSPS) is 10.0. The minimum Gasteiger partial charge on any atom is -0.395 e. The summed E-state index contributed by atoms with van der Waals surface area (Å²) in [6.45, 7) is 5.69. The third-order valence-corrected chi connectivity index (χ3v) is 2.64. The summed E-state index contributed by atoms with van der Waals surface area (Å²) in [6.07, 6.45) is 1.66. The fraction of sp³-hybridized carbons (Fsp3) is 0.308. The second kappa shape index (κ2) is 6.65. The first-order valence-corrected chi connectivity index (χ1v) is 5.77. The number of nitro benzene ring substituents is 1. The highest BCUT2D eigenvalue weighted by Crippen LogP contribution is 2.25. The first kappa shape index (κ1) is 14.8. The summed E-state index contributed by atoms with van der Waals surface area (Å²) in [5, 5.41) is 19.8. The Kier molecular flexibility index (Phi) is 5.20. The monoisotopic (exact) mass is 264 g/mol. The highest BCUT2D eigenvalue weighted by atomic mass is 16.6. The van der Waals surface area contributed by atoms with Crippen molar-refractivity contribution in [3.05, 3.63) is 46.5 Å². The van der Waals surface area contributed by atoms with Crippen LogP contribution < -0.4 is 4.90 Å². The maximum atomic E-state index is 11.5. The smallest absolute Gasteiger partial charge is 0.280 e. The SMILES string of the molecule is C=CCN(CCO)c1ccc([N+](=O)[O-])c(C(C)=O)c1. The van der Waals surface area contributed by atoms with Gasteiger partial charge in [0.05, 0.1) is 17.1 Å². The average molecular weight is 264 g/mol. The molecule has 6 heteroatoms. The number of aliphatic hydroxyl groups excluding tert-OH is 1. The Labute approximate surface area is 111 Å². The zero-order chi connectivity index (χ0) is 14.4. The number of Topliss-reactive ketones (excluding diaryl/α,β-unsaturated/α-hetero) is 1.